The van der Waals surface area contributed by atoms with Crippen LogP contribution in [0.1, 0.15) is 50.2 Å². The highest BCUT2D eigenvalue weighted by Gasteiger charge is 2.34. The highest BCUT2D eigenvalue weighted by Crippen LogP contribution is 2.31. The van der Waals surface area contributed by atoms with E-state index in [0.717, 1.165) is 34.1 Å². The van der Waals surface area contributed by atoms with Crippen LogP contribution in [0.3, 0.4) is 0 Å². The molecule has 2 unspecified atom stereocenters. The molecule has 2 aliphatic rings. The molecule has 1 aromatic heterocycles. The third kappa shape index (κ3) is 3.03. The van der Waals surface area contributed by atoms with Crippen molar-refractivity contribution >= 4 is 28.4 Å². The fraction of sp³-hybridized carbons (Fsp3) is 0.733. The first kappa shape index (κ1) is 15.4. The van der Waals surface area contributed by atoms with E-state index in [4.69, 9.17) is 14.7 Å². The van der Waals surface area contributed by atoms with E-state index in [1.54, 1.807) is 0 Å². The first-order valence-electron chi connectivity index (χ1n) is 7.71. The lowest BCUT2D eigenvalue weighted by Crippen LogP contribution is -2.43. The Bertz CT molecular complexity index is 523. The summed E-state index contributed by atoms with van der Waals surface area (Å²) in [4.78, 5) is 12.0. The number of fused-ring (bicyclic) bond motifs is 1. The van der Waals surface area contributed by atoms with Crippen molar-refractivity contribution in [1.82, 2.24) is 14.9 Å². The summed E-state index contributed by atoms with van der Waals surface area (Å²) in [6.45, 7) is 7.26. The van der Waals surface area contributed by atoms with E-state index in [0.29, 0.717) is 12.0 Å². The van der Waals surface area contributed by atoms with Gasteiger partial charge in [-0.3, -0.25) is 4.90 Å². The van der Waals surface area contributed by atoms with Crippen LogP contribution in [0.15, 0.2) is 0 Å². The molecule has 2 saturated heterocycles. The van der Waals surface area contributed by atoms with Crippen molar-refractivity contribution in [2.75, 3.05) is 32.1 Å². The topological polar surface area (TPSA) is 50.3 Å². The van der Waals surface area contributed by atoms with E-state index < -0.39 is 0 Å². The molecule has 1 N–H and O–H groups in total. The van der Waals surface area contributed by atoms with E-state index >= 15 is 0 Å². The van der Waals surface area contributed by atoms with Gasteiger partial charge in [0.25, 0.3) is 0 Å². The number of anilines is 1. The molecule has 0 aliphatic carbocycles. The molecule has 0 aromatic carbocycles. The Labute approximate surface area is 140 Å². The van der Waals surface area contributed by atoms with Gasteiger partial charge >= 0.3 is 0 Å². The van der Waals surface area contributed by atoms with Crippen LogP contribution in [0.4, 0.5) is 5.82 Å². The molecule has 3 heterocycles. The lowest BCUT2D eigenvalue weighted by Gasteiger charge is -2.34. The van der Waals surface area contributed by atoms with Crippen LogP contribution in [0.25, 0.3) is 0 Å². The third-order valence-electron chi connectivity index (χ3n) is 4.36. The van der Waals surface area contributed by atoms with Gasteiger partial charge < -0.3 is 10.1 Å². The van der Waals surface area contributed by atoms with E-state index in [9.17, 15) is 0 Å². The maximum absolute atomic E-state index is 6.06. The fourth-order valence-electron chi connectivity index (χ4n) is 3.15. The molecule has 3 rings (SSSR count). The Kier molecular flexibility index (Phi) is 4.66. The van der Waals surface area contributed by atoms with Crippen molar-refractivity contribution < 1.29 is 4.74 Å². The molecule has 1 aromatic rings. The normalized spacial score (nSPS) is 26.1. The molecule has 2 fully saturated rings. The number of nitrogens with one attached hydrogen (secondary N) is 1. The second kappa shape index (κ2) is 6.34. The molecule has 2 aliphatic heterocycles. The Morgan fingerprint density at radius 1 is 1.38 bits per heavy atom. The maximum atomic E-state index is 6.06. The number of hydrogen-bond donors (Lipinski definition) is 1. The summed E-state index contributed by atoms with van der Waals surface area (Å²) in [5.41, 5.74) is 1.11. The van der Waals surface area contributed by atoms with Crippen LogP contribution < -0.4 is 5.32 Å². The van der Waals surface area contributed by atoms with Gasteiger partial charge in [-0.1, -0.05) is 13.8 Å². The second-order valence-electron chi connectivity index (χ2n) is 6.15. The van der Waals surface area contributed by atoms with Gasteiger partial charge in [0.05, 0.1) is 15.9 Å². The van der Waals surface area contributed by atoms with Gasteiger partial charge in [0.1, 0.15) is 11.9 Å². The van der Waals surface area contributed by atoms with Crippen molar-refractivity contribution in [2.24, 2.45) is 0 Å². The molecule has 0 radical (unpaired) electrons. The number of aromatic nitrogens is 2. The minimum atomic E-state index is 0.000880. The molecular weight excluding hydrogens is 379 g/mol. The highest BCUT2D eigenvalue weighted by atomic mass is 127. The number of ether oxygens (including phenoxy) is 1. The van der Waals surface area contributed by atoms with Crippen molar-refractivity contribution in [2.45, 2.75) is 44.8 Å². The van der Waals surface area contributed by atoms with Crippen molar-refractivity contribution in [3.8, 4) is 0 Å². The molecule has 0 amide bonds. The first-order valence-corrected chi connectivity index (χ1v) is 8.78. The van der Waals surface area contributed by atoms with Crippen molar-refractivity contribution in [3.05, 3.63) is 15.1 Å². The predicted molar refractivity (Wildman–Crippen MR) is 91.7 cm³/mol. The van der Waals surface area contributed by atoms with E-state index in [-0.39, 0.29) is 6.10 Å². The highest BCUT2D eigenvalue weighted by molar-refractivity contribution is 14.1. The Hall–Kier alpha value is -0.470. The Morgan fingerprint density at radius 2 is 2.19 bits per heavy atom. The number of halogens is 1. The molecule has 2 atom stereocenters. The number of nitrogens with zero attached hydrogens (tertiary/aromatic N) is 3. The van der Waals surface area contributed by atoms with Crippen LogP contribution in [0.2, 0.25) is 0 Å². The molecule has 0 spiro atoms. The van der Waals surface area contributed by atoms with Gasteiger partial charge in [0, 0.05) is 19.6 Å². The van der Waals surface area contributed by atoms with E-state index in [2.05, 4.69) is 46.7 Å². The molecule has 6 heteroatoms. The standard InChI is InChI=1S/C15H23IN4O/c1-9(2)13-12(16)15(17-3)19-14(18-13)11-7-20-6-4-5-10(20)8-21-11/h9-11H,4-8H2,1-3H3,(H,17,18,19). The largest absolute Gasteiger partial charge is 0.372 e. The lowest BCUT2D eigenvalue weighted by atomic mass is 10.1. The van der Waals surface area contributed by atoms with E-state index in [1.807, 2.05) is 7.05 Å². The van der Waals surface area contributed by atoms with Crippen molar-refractivity contribution in [3.63, 3.8) is 0 Å². The zero-order valence-corrected chi connectivity index (χ0v) is 15.1. The van der Waals surface area contributed by atoms with Gasteiger partial charge in [0.2, 0.25) is 0 Å². The number of hydrogen-bond acceptors (Lipinski definition) is 5. The smallest absolute Gasteiger partial charge is 0.161 e. The zero-order valence-electron chi connectivity index (χ0n) is 12.9. The Morgan fingerprint density at radius 3 is 2.90 bits per heavy atom. The third-order valence-corrected chi connectivity index (χ3v) is 5.42. The van der Waals surface area contributed by atoms with Gasteiger partial charge in [0.15, 0.2) is 5.82 Å². The van der Waals surface area contributed by atoms with Crippen LogP contribution in [0.5, 0.6) is 0 Å². The lowest BCUT2D eigenvalue weighted by molar-refractivity contribution is -0.0541. The summed E-state index contributed by atoms with van der Waals surface area (Å²) in [5, 5.41) is 3.19. The van der Waals surface area contributed by atoms with Gasteiger partial charge in [-0.15, -0.1) is 0 Å². The molecule has 5 nitrogen and oxygen atoms in total. The maximum Gasteiger partial charge on any atom is 0.161 e. The second-order valence-corrected chi connectivity index (χ2v) is 7.23. The van der Waals surface area contributed by atoms with Crippen LogP contribution in [-0.4, -0.2) is 47.7 Å². The monoisotopic (exact) mass is 402 g/mol. The van der Waals surface area contributed by atoms with E-state index in [1.165, 1.54) is 19.4 Å². The Balaban J connectivity index is 1.89. The number of rotatable bonds is 3. The van der Waals surface area contributed by atoms with Crippen LogP contribution in [-0.2, 0) is 4.74 Å². The fourth-order valence-corrected chi connectivity index (χ4v) is 4.28. The molecule has 21 heavy (non-hydrogen) atoms. The summed E-state index contributed by atoms with van der Waals surface area (Å²) in [5.74, 6) is 2.12. The average Bonchev–Trinajstić information content (AvgIpc) is 2.94. The van der Waals surface area contributed by atoms with Gasteiger partial charge in [-0.2, -0.15) is 0 Å². The minimum Gasteiger partial charge on any atom is -0.372 e. The SMILES string of the molecule is CNc1nc(C2CN3CCCC3CO2)nc(C(C)C)c1I. The summed E-state index contributed by atoms with van der Waals surface area (Å²) in [6, 6.07) is 0.610. The average molecular weight is 402 g/mol. The summed E-state index contributed by atoms with van der Waals surface area (Å²) in [6.07, 6.45) is 2.55. The first-order chi connectivity index (χ1) is 10.1. The van der Waals surface area contributed by atoms with Crippen LogP contribution in [0, 0.1) is 3.57 Å². The summed E-state index contributed by atoms with van der Waals surface area (Å²) in [7, 11) is 1.91. The molecule has 0 saturated carbocycles. The van der Waals surface area contributed by atoms with Crippen molar-refractivity contribution in [1.29, 1.82) is 0 Å². The van der Waals surface area contributed by atoms with Gasteiger partial charge in [-0.25, -0.2) is 9.97 Å². The van der Waals surface area contributed by atoms with Crippen LogP contribution >= 0.6 is 22.6 Å². The van der Waals surface area contributed by atoms with Gasteiger partial charge in [-0.05, 0) is 47.9 Å². The quantitative estimate of drug-likeness (QED) is 0.789. The predicted octanol–water partition coefficient (Wildman–Crippen LogP) is 2.78. The molecular formula is C15H23IN4O. The summed E-state index contributed by atoms with van der Waals surface area (Å²) >= 11 is 2.33. The zero-order chi connectivity index (χ0) is 15.0. The molecule has 0 bridgehead atoms. The minimum absolute atomic E-state index is 0.000880. The summed E-state index contributed by atoms with van der Waals surface area (Å²) < 4.78 is 7.17. The molecule has 116 valence electrons. The number of morpholine rings is 1.